The van der Waals surface area contributed by atoms with Crippen molar-refractivity contribution >= 4 is 70.2 Å². The van der Waals surface area contributed by atoms with Gasteiger partial charge in [0.2, 0.25) is 41.4 Å². The second-order valence-electron chi connectivity index (χ2n) is 16.4. The van der Waals surface area contributed by atoms with E-state index in [2.05, 4.69) is 36.6 Å². The van der Waals surface area contributed by atoms with Crippen LogP contribution < -0.4 is 43.8 Å². The van der Waals surface area contributed by atoms with Crippen LogP contribution in [0.1, 0.15) is 77.7 Å². The van der Waals surface area contributed by atoms with E-state index in [1.165, 1.54) is 16.7 Å². The van der Waals surface area contributed by atoms with Crippen LogP contribution in [-0.2, 0) is 49.6 Å². The molecule has 0 saturated carbocycles. The Morgan fingerprint density at radius 1 is 0.831 bits per heavy atom. The van der Waals surface area contributed by atoms with Gasteiger partial charge in [-0.15, -0.1) is 0 Å². The van der Waals surface area contributed by atoms with Crippen LogP contribution in [0.25, 0.3) is 10.9 Å². The number of nitrogens with one attached hydrogen (secondary N) is 6. The Morgan fingerprint density at radius 2 is 1.46 bits per heavy atom. The Hall–Kier alpha value is -6.78. The molecule has 2 aromatic rings. The lowest BCUT2D eigenvalue weighted by atomic mass is 9.98. The van der Waals surface area contributed by atoms with Gasteiger partial charge in [0, 0.05) is 43.2 Å². The number of nitrogens with zero attached hydrogens (tertiary/aromatic N) is 3. The lowest BCUT2D eigenvalue weighted by Gasteiger charge is -2.30. The Morgan fingerprint density at radius 3 is 2.08 bits per heavy atom. The lowest BCUT2D eigenvalue weighted by Crippen LogP contribution is -2.59. The maximum Gasteiger partial charge on any atom is 0.325 e. The first kappa shape index (κ1) is 50.9. The van der Waals surface area contributed by atoms with Crippen molar-refractivity contribution in [1.82, 2.24) is 41.4 Å². The van der Waals surface area contributed by atoms with Crippen molar-refractivity contribution in [3.05, 3.63) is 36.0 Å². The number of aliphatic carboxylic acids is 2. The van der Waals surface area contributed by atoms with Gasteiger partial charge in [-0.25, -0.2) is 0 Å². The number of para-hydroxylation sites is 1. The minimum absolute atomic E-state index is 0.0109. The second-order valence-corrected chi connectivity index (χ2v) is 16.4. The van der Waals surface area contributed by atoms with Crippen molar-refractivity contribution in [1.29, 1.82) is 0 Å². The van der Waals surface area contributed by atoms with Crippen LogP contribution in [0.15, 0.2) is 35.5 Å². The summed E-state index contributed by atoms with van der Waals surface area (Å²) in [6, 6.07) is -1.24. The van der Waals surface area contributed by atoms with E-state index in [0.29, 0.717) is 37.8 Å². The molecule has 3 heterocycles. The van der Waals surface area contributed by atoms with Crippen LogP contribution in [0.5, 0.6) is 0 Å². The van der Waals surface area contributed by atoms with Gasteiger partial charge in [0.05, 0.1) is 19.0 Å². The number of benzene rings is 1. The number of carboxylic acids is 2. The normalized spacial score (nSPS) is 18.6. The molecule has 1 aromatic heterocycles. The molecule has 65 heavy (non-hydrogen) atoms. The number of hydrogen-bond acceptors (Lipinski definition) is 11. The number of fused-ring (bicyclic) bond motifs is 1. The van der Waals surface area contributed by atoms with E-state index in [9.17, 15) is 53.4 Å². The number of aliphatic imine (C=N–C) groups is 1. The van der Waals surface area contributed by atoms with Crippen LogP contribution >= 0.6 is 0 Å². The summed E-state index contributed by atoms with van der Waals surface area (Å²) >= 11 is 0. The molecule has 0 spiro atoms. The summed E-state index contributed by atoms with van der Waals surface area (Å²) in [5, 5.41) is 32.2. The molecule has 8 atom stereocenters. The number of amides is 7. The molecule has 0 aliphatic carbocycles. The molecule has 2 aliphatic heterocycles. The van der Waals surface area contributed by atoms with Crippen LogP contribution in [-0.4, -0.2) is 153 Å². The molecule has 0 bridgehead atoms. The van der Waals surface area contributed by atoms with Crippen molar-refractivity contribution < 1.29 is 53.4 Å². The predicted octanol–water partition coefficient (Wildman–Crippen LogP) is -2.25. The zero-order valence-electron chi connectivity index (χ0n) is 36.8. The van der Waals surface area contributed by atoms with E-state index < -0.39 is 103 Å². The fourth-order valence-electron chi connectivity index (χ4n) is 7.82. The minimum Gasteiger partial charge on any atom is -0.481 e. The molecule has 356 valence electrons. The first-order valence-electron chi connectivity index (χ1n) is 21.7. The van der Waals surface area contributed by atoms with Crippen LogP contribution in [0.4, 0.5) is 0 Å². The molecular weight excluding hydrogens is 849 g/mol. The SMILES string of the molecule is CCC(C)C(N)C(=O)N1CCCC1C(=O)NC(CCCN=C(N)N)C(=O)NCC(=O)NC(CC(=O)O)C(=O)NC(Cc1c[nH]c2ccccc12)C(=O)N1CCCC1C(=O)NC(C)C(=O)O. The topological polar surface area (TPSA) is 367 Å². The molecule has 23 heteroatoms. The summed E-state index contributed by atoms with van der Waals surface area (Å²) in [6.07, 6.45) is 2.95. The maximum absolute atomic E-state index is 14.3. The van der Waals surface area contributed by atoms with Gasteiger partial charge in [-0.3, -0.25) is 48.1 Å². The molecule has 23 nitrogen and oxygen atoms in total. The van der Waals surface area contributed by atoms with E-state index in [4.69, 9.17) is 17.2 Å². The summed E-state index contributed by atoms with van der Waals surface area (Å²) in [6.45, 7) is 4.75. The third-order valence-corrected chi connectivity index (χ3v) is 11.7. The quantitative estimate of drug-likeness (QED) is 0.0319. The molecule has 1 aromatic carbocycles. The van der Waals surface area contributed by atoms with Crippen LogP contribution in [0.3, 0.4) is 0 Å². The van der Waals surface area contributed by atoms with Gasteiger partial charge in [0.15, 0.2) is 5.96 Å². The number of hydrogen-bond donors (Lipinski definition) is 11. The number of carbonyl (C=O) groups is 9. The molecule has 2 saturated heterocycles. The third-order valence-electron chi connectivity index (χ3n) is 11.7. The van der Waals surface area contributed by atoms with Crippen molar-refractivity contribution in [2.45, 2.75) is 121 Å². The number of carboxylic acid groups (broad SMARTS) is 2. The standard InChI is InChI=1S/C42H62N12O11/c1-4-22(2)34(43)40(63)54-17-9-14-31(54)38(61)51-27(12-7-15-46-42(44)45)35(58)48-21-32(55)50-28(19-33(56)57)36(59)52-29(18-24-20-47-26-11-6-5-10-25(24)26)39(62)53-16-8-13-30(53)37(60)49-23(3)41(64)65/h5-6,10-11,20,22-23,27-31,34,47H,4,7-9,12-19,21,43H2,1-3H3,(H,48,58)(H,49,60)(H,50,55)(H,51,61)(H,52,59)(H,56,57)(H,64,65)(H4,44,45,46). The zero-order valence-corrected chi connectivity index (χ0v) is 36.8. The number of aromatic amines is 1. The van der Waals surface area contributed by atoms with Gasteiger partial charge in [0.1, 0.15) is 36.3 Å². The first-order valence-corrected chi connectivity index (χ1v) is 21.7. The average Bonchev–Trinajstić information content (AvgIpc) is 4.06. The fraction of sp³-hybridized carbons (Fsp3) is 0.571. The monoisotopic (exact) mass is 910 g/mol. The summed E-state index contributed by atoms with van der Waals surface area (Å²) in [7, 11) is 0. The number of likely N-dealkylation sites (tertiary alicyclic amines) is 2. The average molecular weight is 911 g/mol. The molecule has 14 N–H and O–H groups in total. The highest BCUT2D eigenvalue weighted by atomic mass is 16.4. The highest BCUT2D eigenvalue weighted by Crippen LogP contribution is 2.24. The minimum atomic E-state index is -1.76. The second kappa shape index (κ2) is 23.8. The largest absolute Gasteiger partial charge is 0.481 e. The third kappa shape index (κ3) is 14.1. The lowest BCUT2D eigenvalue weighted by molar-refractivity contribution is -0.144. The Balaban J connectivity index is 1.49. The highest BCUT2D eigenvalue weighted by Gasteiger charge is 2.41. The Kier molecular flexibility index (Phi) is 18.6. The van der Waals surface area contributed by atoms with Gasteiger partial charge < -0.3 is 68.8 Å². The van der Waals surface area contributed by atoms with E-state index in [-0.39, 0.29) is 56.6 Å². The number of aromatic nitrogens is 1. The number of nitrogens with two attached hydrogens (primary N) is 3. The first-order chi connectivity index (χ1) is 30.8. The van der Waals surface area contributed by atoms with Crippen molar-refractivity contribution in [3.63, 3.8) is 0 Å². The van der Waals surface area contributed by atoms with Gasteiger partial charge >= 0.3 is 11.9 Å². The van der Waals surface area contributed by atoms with Gasteiger partial charge in [0.25, 0.3) is 0 Å². The molecule has 2 fully saturated rings. The summed E-state index contributed by atoms with van der Waals surface area (Å²) in [4.78, 5) is 128. The number of rotatable bonds is 23. The van der Waals surface area contributed by atoms with Crippen molar-refractivity contribution in [3.8, 4) is 0 Å². The summed E-state index contributed by atoms with van der Waals surface area (Å²) in [5.74, 6) is -8.33. The van der Waals surface area contributed by atoms with E-state index in [1.807, 2.05) is 13.8 Å². The molecule has 8 unspecified atom stereocenters. The summed E-state index contributed by atoms with van der Waals surface area (Å²) in [5.41, 5.74) is 18.4. The van der Waals surface area contributed by atoms with Crippen molar-refractivity contribution in [2.24, 2.45) is 28.1 Å². The van der Waals surface area contributed by atoms with Crippen molar-refractivity contribution in [2.75, 3.05) is 26.2 Å². The van der Waals surface area contributed by atoms with E-state index in [1.54, 1.807) is 30.5 Å². The smallest absolute Gasteiger partial charge is 0.325 e. The predicted molar refractivity (Wildman–Crippen MR) is 235 cm³/mol. The molecule has 4 rings (SSSR count). The van der Waals surface area contributed by atoms with Crippen LogP contribution in [0, 0.1) is 5.92 Å². The van der Waals surface area contributed by atoms with Gasteiger partial charge in [-0.05, 0) is 63.0 Å². The van der Waals surface area contributed by atoms with Gasteiger partial charge in [-0.1, -0.05) is 38.5 Å². The Labute approximate surface area is 375 Å². The molecule has 0 radical (unpaired) electrons. The van der Waals surface area contributed by atoms with Crippen LogP contribution in [0.2, 0.25) is 0 Å². The number of H-pyrrole nitrogens is 1. The summed E-state index contributed by atoms with van der Waals surface area (Å²) < 4.78 is 0. The number of carbonyl (C=O) groups excluding carboxylic acids is 7. The van der Waals surface area contributed by atoms with E-state index in [0.717, 1.165) is 10.9 Å². The molecule has 7 amide bonds. The molecular formula is C42H62N12O11. The number of guanidine groups is 1. The highest BCUT2D eigenvalue weighted by molar-refractivity contribution is 5.98. The zero-order chi connectivity index (χ0) is 48.0. The molecule has 2 aliphatic rings. The fourth-order valence-corrected chi connectivity index (χ4v) is 7.82. The Bertz CT molecular complexity index is 2110. The maximum atomic E-state index is 14.3. The van der Waals surface area contributed by atoms with E-state index >= 15 is 0 Å². The van der Waals surface area contributed by atoms with Gasteiger partial charge in [-0.2, -0.15) is 0 Å².